The molecule has 0 bridgehead atoms. The van der Waals surface area contributed by atoms with Crippen LogP contribution in [0.15, 0.2) is 26.8 Å². The summed E-state index contributed by atoms with van der Waals surface area (Å²) in [7, 11) is 0. The van der Waals surface area contributed by atoms with E-state index in [2.05, 4.69) is 31.1 Å². The molecule has 7 heteroatoms. The van der Waals surface area contributed by atoms with Gasteiger partial charge in [-0.05, 0) is 21.1 Å². The number of aromatic hydroxyl groups is 1. The molecule has 76 valence electrons. The van der Waals surface area contributed by atoms with Crippen LogP contribution in [0.3, 0.4) is 0 Å². The Labute approximate surface area is 91.1 Å². The Hall–Kier alpha value is -1.76. The number of hydrogen-bond acceptors (Lipinski definition) is 4. The highest BCUT2D eigenvalue weighted by atomic mass is 79.9. The second kappa shape index (κ2) is 3.43. The van der Waals surface area contributed by atoms with Gasteiger partial charge in [0.15, 0.2) is 11.3 Å². The van der Waals surface area contributed by atoms with Crippen LogP contribution in [0, 0.1) is 4.91 Å². The van der Waals surface area contributed by atoms with E-state index in [-0.39, 0.29) is 26.8 Å². The third kappa shape index (κ3) is 1.40. The van der Waals surface area contributed by atoms with Crippen molar-refractivity contribution in [1.82, 2.24) is 4.98 Å². The number of rotatable bonds is 1. The minimum atomic E-state index is -0.491. The average Bonchev–Trinajstić information content (AvgIpc) is 2.20. The van der Waals surface area contributed by atoms with Crippen molar-refractivity contribution in [2.75, 3.05) is 0 Å². The molecule has 0 spiro atoms. The maximum Gasteiger partial charge on any atom is 0.345 e. The number of phenolic OH excluding ortho intramolecular Hbond substituents is 1. The third-order valence-electron chi connectivity index (χ3n) is 1.97. The van der Waals surface area contributed by atoms with Crippen LogP contribution in [0.25, 0.3) is 10.9 Å². The molecule has 15 heavy (non-hydrogen) atoms. The van der Waals surface area contributed by atoms with E-state index in [9.17, 15) is 14.8 Å². The molecule has 0 saturated heterocycles. The number of nitrogens with one attached hydrogen (secondary N) is 2. The number of halogens is 1. The third-order valence-corrected chi connectivity index (χ3v) is 2.58. The van der Waals surface area contributed by atoms with E-state index in [0.29, 0.717) is 0 Å². The fraction of sp³-hybridized carbons (Fsp3) is 0. The van der Waals surface area contributed by atoms with Gasteiger partial charge in [-0.25, -0.2) is 14.8 Å². The van der Waals surface area contributed by atoms with Crippen LogP contribution >= 0.6 is 15.9 Å². The van der Waals surface area contributed by atoms with Gasteiger partial charge in [0.25, 0.3) is 0 Å². The van der Waals surface area contributed by atoms with Gasteiger partial charge in [0.1, 0.15) is 11.1 Å². The number of H-pyrrole nitrogens is 2. The normalized spacial score (nSPS) is 10.5. The van der Waals surface area contributed by atoms with Gasteiger partial charge < -0.3 is 5.11 Å². The summed E-state index contributed by atoms with van der Waals surface area (Å²) in [5.74, 6) is -0.129. The first kappa shape index (κ1) is 9.78. The highest BCUT2D eigenvalue weighted by Gasteiger charge is 2.17. The fourth-order valence-corrected chi connectivity index (χ4v) is 1.82. The number of aromatic nitrogens is 2. The molecular weight excluding hydrogens is 266 g/mol. The van der Waals surface area contributed by atoms with E-state index in [0.717, 1.165) is 0 Å². The van der Waals surface area contributed by atoms with Crippen molar-refractivity contribution in [2.24, 2.45) is 5.18 Å². The SMILES string of the molecule is O=Nc1c(Br)cc(O)c2[nH+]c[nH]c(=O)c12. The van der Waals surface area contributed by atoms with Gasteiger partial charge in [-0.3, -0.25) is 0 Å². The quantitative estimate of drug-likeness (QED) is 0.763. The lowest BCUT2D eigenvalue weighted by molar-refractivity contribution is -0.350. The Bertz CT molecular complexity index is 608. The van der Waals surface area contributed by atoms with Gasteiger partial charge in [0, 0.05) is 6.07 Å². The summed E-state index contributed by atoms with van der Waals surface area (Å²) in [5.41, 5.74) is -0.354. The predicted octanol–water partition coefficient (Wildman–Crippen LogP) is 1.21. The number of nitrogens with zero attached hydrogens (tertiary/aromatic N) is 1. The van der Waals surface area contributed by atoms with Gasteiger partial charge in [-0.15, -0.1) is 4.91 Å². The molecule has 1 aromatic heterocycles. The van der Waals surface area contributed by atoms with E-state index in [4.69, 9.17) is 0 Å². The molecule has 0 radical (unpaired) electrons. The van der Waals surface area contributed by atoms with Crippen LogP contribution in [-0.4, -0.2) is 10.1 Å². The summed E-state index contributed by atoms with van der Waals surface area (Å²) < 4.78 is 0.271. The first-order chi connectivity index (χ1) is 7.15. The van der Waals surface area contributed by atoms with E-state index in [1.165, 1.54) is 12.4 Å². The Balaban J connectivity index is 3.12. The van der Waals surface area contributed by atoms with Crippen molar-refractivity contribution in [2.45, 2.75) is 0 Å². The highest BCUT2D eigenvalue weighted by molar-refractivity contribution is 9.10. The molecule has 0 saturated carbocycles. The minimum absolute atomic E-state index is 0.0272. The molecule has 0 aliphatic carbocycles. The van der Waals surface area contributed by atoms with E-state index < -0.39 is 5.56 Å². The topological polar surface area (TPSA) is 96.7 Å². The first-order valence-electron chi connectivity index (χ1n) is 3.93. The molecular formula is C8H5BrN3O3+. The number of nitroso groups, excluding NO2 is 1. The zero-order chi connectivity index (χ0) is 11.0. The maximum absolute atomic E-state index is 11.5. The Kier molecular flexibility index (Phi) is 2.24. The lowest BCUT2D eigenvalue weighted by atomic mass is 10.2. The fourth-order valence-electron chi connectivity index (χ4n) is 1.33. The van der Waals surface area contributed by atoms with Crippen molar-refractivity contribution in [1.29, 1.82) is 0 Å². The summed E-state index contributed by atoms with van der Waals surface area (Å²) in [4.78, 5) is 27.0. The minimum Gasteiger partial charge on any atom is -0.504 e. The molecule has 6 nitrogen and oxygen atoms in total. The van der Waals surface area contributed by atoms with Crippen LogP contribution in [0.2, 0.25) is 0 Å². The molecule has 0 aliphatic rings. The second-order valence-corrected chi connectivity index (χ2v) is 3.68. The Morgan fingerprint density at radius 2 is 2.27 bits per heavy atom. The smallest absolute Gasteiger partial charge is 0.345 e. The maximum atomic E-state index is 11.5. The highest BCUT2D eigenvalue weighted by Crippen LogP contribution is 2.35. The lowest BCUT2D eigenvalue weighted by Crippen LogP contribution is -2.15. The monoisotopic (exact) mass is 270 g/mol. The lowest BCUT2D eigenvalue weighted by Gasteiger charge is -1.99. The molecule has 1 aromatic carbocycles. The van der Waals surface area contributed by atoms with Gasteiger partial charge in [-0.1, -0.05) is 0 Å². The van der Waals surface area contributed by atoms with Gasteiger partial charge in [-0.2, -0.15) is 0 Å². The van der Waals surface area contributed by atoms with Crippen LogP contribution in [-0.2, 0) is 0 Å². The number of fused-ring (bicyclic) bond motifs is 1. The van der Waals surface area contributed by atoms with Crippen LogP contribution in [0.1, 0.15) is 0 Å². The van der Waals surface area contributed by atoms with Gasteiger partial charge in [0.05, 0.1) is 4.47 Å². The van der Waals surface area contributed by atoms with Gasteiger partial charge >= 0.3 is 5.56 Å². The second-order valence-electron chi connectivity index (χ2n) is 2.83. The van der Waals surface area contributed by atoms with Crippen molar-refractivity contribution in [3.8, 4) is 5.75 Å². The molecule has 0 aliphatic heterocycles. The van der Waals surface area contributed by atoms with Crippen molar-refractivity contribution in [3.63, 3.8) is 0 Å². The molecule has 0 amide bonds. The zero-order valence-corrected chi connectivity index (χ0v) is 8.83. The molecule has 3 N–H and O–H groups in total. The molecule has 2 rings (SSSR count). The Morgan fingerprint density at radius 1 is 1.53 bits per heavy atom. The van der Waals surface area contributed by atoms with Crippen LogP contribution < -0.4 is 10.5 Å². The number of aromatic amines is 2. The van der Waals surface area contributed by atoms with Crippen LogP contribution in [0.4, 0.5) is 5.69 Å². The standard InChI is InChI=1S/C8H4BrN3O3/c9-3-1-4(13)7-5(6(3)12-15)8(14)11-2-10-7/h1-2,13H,(H,10,11,14)/p+1. The van der Waals surface area contributed by atoms with Crippen molar-refractivity contribution >= 4 is 32.5 Å². The van der Waals surface area contributed by atoms with Gasteiger partial charge in [0.2, 0.25) is 6.33 Å². The Morgan fingerprint density at radius 3 is 2.93 bits per heavy atom. The molecule has 0 unspecified atom stereocenters. The summed E-state index contributed by atoms with van der Waals surface area (Å²) in [6, 6.07) is 1.30. The summed E-state index contributed by atoms with van der Waals surface area (Å²) in [5, 5.41) is 12.3. The molecule has 1 heterocycles. The molecule has 2 aromatic rings. The zero-order valence-electron chi connectivity index (χ0n) is 7.24. The van der Waals surface area contributed by atoms with Crippen molar-refractivity contribution < 1.29 is 10.1 Å². The predicted molar refractivity (Wildman–Crippen MR) is 55.9 cm³/mol. The number of phenols is 1. The van der Waals surface area contributed by atoms with Crippen LogP contribution in [0.5, 0.6) is 5.75 Å². The average molecular weight is 271 g/mol. The summed E-state index contributed by atoms with van der Waals surface area (Å²) in [6.07, 6.45) is 1.27. The molecule has 0 fully saturated rings. The van der Waals surface area contributed by atoms with E-state index in [1.54, 1.807) is 0 Å². The van der Waals surface area contributed by atoms with E-state index >= 15 is 0 Å². The van der Waals surface area contributed by atoms with E-state index in [1.807, 2.05) is 0 Å². The summed E-state index contributed by atoms with van der Waals surface area (Å²) in [6.45, 7) is 0. The molecule has 0 atom stereocenters. The van der Waals surface area contributed by atoms with Crippen molar-refractivity contribution in [3.05, 3.63) is 32.1 Å². The summed E-state index contributed by atoms with van der Waals surface area (Å²) >= 11 is 3.04. The first-order valence-corrected chi connectivity index (χ1v) is 4.72. The number of hydrogen-bond donors (Lipinski definition) is 2. The number of benzene rings is 1. The largest absolute Gasteiger partial charge is 0.504 e.